The van der Waals surface area contributed by atoms with Crippen LogP contribution < -0.4 is 10.6 Å². The Bertz CT molecular complexity index is 342. The topological polar surface area (TPSA) is 90.3 Å². The van der Waals surface area contributed by atoms with Gasteiger partial charge in [0.1, 0.15) is 5.82 Å². The van der Waals surface area contributed by atoms with E-state index in [2.05, 4.69) is 27.5 Å². The first kappa shape index (κ1) is 13.7. The summed E-state index contributed by atoms with van der Waals surface area (Å²) in [6, 6.07) is 1.37. The van der Waals surface area contributed by atoms with Gasteiger partial charge in [-0.15, -0.1) is 0 Å². The van der Waals surface area contributed by atoms with Crippen LogP contribution >= 0.6 is 0 Å². The molecule has 0 aromatic carbocycles. The van der Waals surface area contributed by atoms with E-state index in [4.69, 9.17) is 10.2 Å². The second-order valence-electron chi connectivity index (χ2n) is 3.85. The summed E-state index contributed by atoms with van der Waals surface area (Å²) in [6.07, 6.45) is 0.996. The maximum Gasteiger partial charge on any atom is 0.224 e. The van der Waals surface area contributed by atoms with Crippen LogP contribution in [-0.2, 0) is 0 Å². The van der Waals surface area contributed by atoms with Crippen LogP contribution in [0.4, 0.5) is 11.8 Å². The van der Waals surface area contributed by atoms with Crippen LogP contribution in [0.3, 0.4) is 0 Å². The van der Waals surface area contributed by atoms with Crippen molar-refractivity contribution in [1.82, 2.24) is 9.97 Å². The van der Waals surface area contributed by atoms with Gasteiger partial charge in [-0.3, -0.25) is 0 Å². The van der Waals surface area contributed by atoms with Gasteiger partial charge in [0, 0.05) is 18.3 Å². The van der Waals surface area contributed by atoms with Crippen molar-refractivity contribution >= 4 is 11.8 Å². The number of aromatic nitrogens is 2. The number of hydrogen-bond donors (Lipinski definition) is 4. The summed E-state index contributed by atoms with van der Waals surface area (Å²) in [6.45, 7) is 4.47. The Morgan fingerprint density at radius 1 is 1.29 bits per heavy atom. The van der Waals surface area contributed by atoms with Gasteiger partial charge in [-0.2, -0.15) is 4.98 Å². The molecule has 17 heavy (non-hydrogen) atoms. The number of nitrogens with zero attached hydrogens (tertiary/aromatic N) is 2. The van der Waals surface area contributed by atoms with Crippen molar-refractivity contribution in [3.05, 3.63) is 11.8 Å². The van der Waals surface area contributed by atoms with Crippen molar-refractivity contribution in [2.75, 3.05) is 30.4 Å². The Balaban J connectivity index is 2.74. The highest BCUT2D eigenvalue weighted by Crippen LogP contribution is 2.10. The minimum atomic E-state index is -0.400. The molecule has 0 atom stereocenters. The molecule has 0 aliphatic rings. The zero-order valence-corrected chi connectivity index (χ0v) is 10.3. The normalized spacial score (nSPS) is 10.6. The molecule has 0 saturated carbocycles. The van der Waals surface area contributed by atoms with Crippen molar-refractivity contribution in [3.63, 3.8) is 0 Å². The SMILES string of the molecule is CCCNc1nc(C)cc(NC(CO)CO)n1. The van der Waals surface area contributed by atoms with E-state index in [1.54, 1.807) is 6.07 Å². The van der Waals surface area contributed by atoms with Gasteiger partial charge < -0.3 is 20.8 Å². The quantitative estimate of drug-likeness (QED) is 0.550. The number of aliphatic hydroxyl groups is 2. The third kappa shape index (κ3) is 4.54. The fourth-order valence-electron chi connectivity index (χ4n) is 1.32. The van der Waals surface area contributed by atoms with E-state index in [1.807, 2.05) is 6.92 Å². The largest absolute Gasteiger partial charge is 0.394 e. The zero-order chi connectivity index (χ0) is 12.7. The van der Waals surface area contributed by atoms with Crippen LogP contribution in [0.5, 0.6) is 0 Å². The van der Waals surface area contributed by atoms with Crippen molar-refractivity contribution < 1.29 is 10.2 Å². The van der Waals surface area contributed by atoms with Crippen molar-refractivity contribution in [2.24, 2.45) is 0 Å². The zero-order valence-electron chi connectivity index (χ0n) is 10.3. The molecule has 0 radical (unpaired) electrons. The molecular formula is C11H20N4O2. The van der Waals surface area contributed by atoms with Gasteiger partial charge in [-0.1, -0.05) is 6.92 Å². The fourth-order valence-corrected chi connectivity index (χ4v) is 1.32. The molecule has 1 aromatic heterocycles. The molecule has 0 aliphatic heterocycles. The number of hydrogen-bond acceptors (Lipinski definition) is 6. The van der Waals surface area contributed by atoms with Gasteiger partial charge >= 0.3 is 0 Å². The minimum absolute atomic E-state index is 0.142. The maximum absolute atomic E-state index is 8.99. The molecule has 0 unspecified atom stereocenters. The second-order valence-corrected chi connectivity index (χ2v) is 3.85. The third-order valence-corrected chi connectivity index (χ3v) is 2.18. The van der Waals surface area contributed by atoms with E-state index in [0.717, 1.165) is 18.7 Å². The number of nitrogens with one attached hydrogen (secondary N) is 2. The smallest absolute Gasteiger partial charge is 0.224 e. The number of aliphatic hydroxyl groups excluding tert-OH is 2. The first-order valence-corrected chi connectivity index (χ1v) is 5.77. The van der Waals surface area contributed by atoms with Gasteiger partial charge in [-0.05, 0) is 13.3 Å². The molecule has 6 nitrogen and oxygen atoms in total. The van der Waals surface area contributed by atoms with E-state index >= 15 is 0 Å². The minimum Gasteiger partial charge on any atom is -0.394 e. The number of aryl methyl sites for hydroxylation is 1. The summed E-state index contributed by atoms with van der Waals surface area (Å²) in [4.78, 5) is 8.49. The first-order valence-electron chi connectivity index (χ1n) is 5.77. The molecule has 1 rings (SSSR count). The summed E-state index contributed by atoms with van der Waals surface area (Å²) < 4.78 is 0. The van der Waals surface area contributed by atoms with E-state index in [1.165, 1.54) is 0 Å². The average molecular weight is 240 g/mol. The molecule has 6 heteroatoms. The lowest BCUT2D eigenvalue weighted by atomic mass is 10.3. The Hall–Kier alpha value is -1.40. The van der Waals surface area contributed by atoms with Gasteiger partial charge in [0.25, 0.3) is 0 Å². The van der Waals surface area contributed by atoms with Gasteiger partial charge in [0.2, 0.25) is 5.95 Å². The Morgan fingerprint density at radius 2 is 2.00 bits per heavy atom. The second kappa shape index (κ2) is 7.03. The lowest BCUT2D eigenvalue weighted by Gasteiger charge is -2.15. The fraction of sp³-hybridized carbons (Fsp3) is 0.636. The molecule has 1 heterocycles. The van der Waals surface area contributed by atoms with Crippen molar-refractivity contribution in [1.29, 1.82) is 0 Å². The number of rotatable bonds is 7. The lowest BCUT2D eigenvalue weighted by Crippen LogP contribution is -2.28. The van der Waals surface area contributed by atoms with E-state index in [9.17, 15) is 0 Å². The molecule has 4 N–H and O–H groups in total. The highest BCUT2D eigenvalue weighted by Gasteiger charge is 2.08. The lowest BCUT2D eigenvalue weighted by molar-refractivity contribution is 0.203. The molecule has 0 fully saturated rings. The molecule has 96 valence electrons. The van der Waals surface area contributed by atoms with Crippen molar-refractivity contribution in [2.45, 2.75) is 26.3 Å². The van der Waals surface area contributed by atoms with Crippen LogP contribution in [0.15, 0.2) is 6.07 Å². The van der Waals surface area contributed by atoms with E-state index in [-0.39, 0.29) is 13.2 Å². The Kier molecular flexibility index (Phi) is 5.65. The highest BCUT2D eigenvalue weighted by atomic mass is 16.3. The molecule has 0 spiro atoms. The first-order chi connectivity index (χ1) is 8.19. The van der Waals surface area contributed by atoms with E-state index < -0.39 is 6.04 Å². The summed E-state index contributed by atoms with van der Waals surface area (Å²) in [5.74, 6) is 1.16. The van der Waals surface area contributed by atoms with Crippen LogP contribution in [0.25, 0.3) is 0 Å². The summed E-state index contributed by atoms with van der Waals surface area (Å²) in [5, 5.41) is 24.0. The van der Waals surface area contributed by atoms with Crippen LogP contribution in [0.1, 0.15) is 19.0 Å². The molecule has 0 amide bonds. The number of anilines is 2. The molecular weight excluding hydrogens is 220 g/mol. The third-order valence-electron chi connectivity index (χ3n) is 2.18. The van der Waals surface area contributed by atoms with Gasteiger partial charge in [0.05, 0.1) is 19.3 Å². The predicted molar refractivity (Wildman–Crippen MR) is 67.1 cm³/mol. The highest BCUT2D eigenvalue weighted by molar-refractivity contribution is 5.42. The van der Waals surface area contributed by atoms with Crippen molar-refractivity contribution in [3.8, 4) is 0 Å². The molecule has 0 aliphatic carbocycles. The van der Waals surface area contributed by atoms with Crippen LogP contribution in [0.2, 0.25) is 0 Å². The summed E-state index contributed by atoms with van der Waals surface area (Å²) in [5.41, 5.74) is 0.829. The van der Waals surface area contributed by atoms with Gasteiger partial charge in [-0.25, -0.2) is 4.98 Å². The molecule has 0 bridgehead atoms. The van der Waals surface area contributed by atoms with E-state index in [0.29, 0.717) is 11.8 Å². The molecule has 0 saturated heterocycles. The van der Waals surface area contributed by atoms with Gasteiger partial charge in [0.15, 0.2) is 0 Å². The average Bonchev–Trinajstić information content (AvgIpc) is 2.32. The Labute approximate surface area is 101 Å². The monoisotopic (exact) mass is 240 g/mol. The summed E-state index contributed by atoms with van der Waals surface area (Å²) in [7, 11) is 0. The Morgan fingerprint density at radius 3 is 2.59 bits per heavy atom. The predicted octanol–water partition coefficient (Wildman–Crippen LogP) is 0.372. The maximum atomic E-state index is 8.99. The molecule has 1 aromatic rings. The standard InChI is InChI=1S/C11H20N4O2/c1-3-4-12-11-13-8(2)5-10(15-11)14-9(6-16)7-17/h5,9,16-17H,3-4,6-7H2,1-2H3,(H2,12,13,14,15). The van der Waals surface area contributed by atoms with Crippen LogP contribution in [-0.4, -0.2) is 46.0 Å². The summed E-state index contributed by atoms with van der Waals surface area (Å²) >= 11 is 0. The van der Waals surface area contributed by atoms with Crippen LogP contribution in [0, 0.1) is 6.92 Å².